The number of hydrogen-bond donors (Lipinski definition) is 1. The van der Waals surface area contributed by atoms with E-state index in [2.05, 4.69) is 21.2 Å². The Morgan fingerprint density at radius 3 is 2.79 bits per heavy atom. The largest absolute Gasteiger partial charge is 0.383 e. The van der Waals surface area contributed by atoms with Gasteiger partial charge >= 0.3 is 0 Å². The fourth-order valence-corrected chi connectivity index (χ4v) is 2.30. The van der Waals surface area contributed by atoms with Crippen LogP contribution in [0.5, 0.6) is 0 Å². The van der Waals surface area contributed by atoms with Crippen molar-refractivity contribution in [2.75, 3.05) is 26.8 Å². The van der Waals surface area contributed by atoms with E-state index in [1.807, 2.05) is 0 Å². The number of unbranched alkanes of at least 4 members (excludes halogenated alkanes) is 2. The number of nitrogens with one attached hydrogen (secondary N) is 1. The van der Waals surface area contributed by atoms with Gasteiger partial charge in [-0.25, -0.2) is 4.39 Å². The lowest BCUT2D eigenvalue weighted by molar-refractivity contribution is 0.199. The second-order valence-electron chi connectivity index (χ2n) is 4.41. The van der Waals surface area contributed by atoms with Crippen LogP contribution >= 0.6 is 27.5 Å². The van der Waals surface area contributed by atoms with E-state index in [9.17, 15) is 4.39 Å². The first-order valence-electron chi connectivity index (χ1n) is 6.48. The first-order chi connectivity index (χ1) is 9.15. The standard InChI is InChI=1S/C14H20BrClFNO/c1-19-8-7-18-6-4-2-3-5-11-9-13(16)12(15)10-14(11)17/h9-10,18H,2-8H2,1H3. The van der Waals surface area contributed by atoms with Crippen LogP contribution in [0.25, 0.3) is 0 Å². The van der Waals surface area contributed by atoms with E-state index in [0.29, 0.717) is 15.1 Å². The molecule has 1 aromatic rings. The SMILES string of the molecule is COCCNCCCCCc1cc(Cl)c(Br)cc1F. The summed E-state index contributed by atoms with van der Waals surface area (Å²) in [4.78, 5) is 0. The van der Waals surface area contributed by atoms with Crippen molar-refractivity contribution in [2.45, 2.75) is 25.7 Å². The Morgan fingerprint density at radius 1 is 1.26 bits per heavy atom. The second-order valence-corrected chi connectivity index (χ2v) is 5.67. The van der Waals surface area contributed by atoms with Gasteiger partial charge in [-0.05, 0) is 59.4 Å². The molecule has 0 saturated heterocycles. The molecule has 0 fully saturated rings. The van der Waals surface area contributed by atoms with Crippen LogP contribution in [-0.2, 0) is 11.2 Å². The zero-order chi connectivity index (χ0) is 14.1. The third-order valence-electron chi connectivity index (χ3n) is 2.87. The molecule has 0 saturated carbocycles. The van der Waals surface area contributed by atoms with E-state index in [1.165, 1.54) is 6.07 Å². The first kappa shape index (κ1) is 16.9. The lowest BCUT2D eigenvalue weighted by Crippen LogP contribution is -2.20. The molecule has 0 atom stereocenters. The van der Waals surface area contributed by atoms with Gasteiger partial charge in [0.25, 0.3) is 0 Å². The summed E-state index contributed by atoms with van der Waals surface area (Å²) in [5.74, 6) is -0.186. The van der Waals surface area contributed by atoms with Crippen LogP contribution in [0.15, 0.2) is 16.6 Å². The smallest absolute Gasteiger partial charge is 0.127 e. The van der Waals surface area contributed by atoms with Crippen LogP contribution < -0.4 is 5.32 Å². The molecule has 0 radical (unpaired) electrons. The van der Waals surface area contributed by atoms with Gasteiger partial charge in [0.1, 0.15) is 5.82 Å². The van der Waals surface area contributed by atoms with Gasteiger partial charge in [0.15, 0.2) is 0 Å². The van der Waals surface area contributed by atoms with Crippen LogP contribution in [0.3, 0.4) is 0 Å². The number of benzene rings is 1. The van der Waals surface area contributed by atoms with Gasteiger partial charge in [-0.3, -0.25) is 0 Å². The monoisotopic (exact) mass is 351 g/mol. The summed E-state index contributed by atoms with van der Waals surface area (Å²) in [6.07, 6.45) is 3.88. The number of aryl methyl sites for hydroxylation is 1. The van der Waals surface area contributed by atoms with Crippen molar-refractivity contribution in [3.63, 3.8) is 0 Å². The normalized spacial score (nSPS) is 10.9. The summed E-state index contributed by atoms with van der Waals surface area (Å²) in [6, 6.07) is 3.14. The molecular weight excluding hydrogens is 333 g/mol. The van der Waals surface area contributed by atoms with Crippen molar-refractivity contribution in [2.24, 2.45) is 0 Å². The van der Waals surface area contributed by atoms with E-state index in [-0.39, 0.29) is 5.82 Å². The number of hydrogen-bond acceptors (Lipinski definition) is 2. The van der Waals surface area contributed by atoms with E-state index < -0.39 is 0 Å². The Bertz CT molecular complexity index is 390. The molecule has 2 nitrogen and oxygen atoms in total. The molecule has 19 heavy (non-hydrogen) atoms. The van der Waals surface area contributed by atoms with Gasteiger partial charge in [-0.1, -0.05) is 18.0 Å². The maximum atomic E-state index is 13.6. The molecule has 0 aliphatic rings. The fourth-order valence-electron chi connectivity index (χ4n) is 1.80. The summed E-state index contributed by atoms with van der Waals surface area (Å²) in [5.41, 5.74) is 0.695. The summed E-state index contributed by atoms with van der Waals surface area (Å²) in [5, 5.41) is 3.85. The topological polar surface area (TPSA) is 21.3 Å². The molecule has 0 bridgehead atoms. The molecule has 0 amide bonds. The number of ether oxygens (including phenoxy) is 1. The van der Waals surface area contributed by atoms with Gasteiger partial charge in [0.2, 0.25) is 0 Å². The highest BCUT2D eigenvalue weighted by molar-refractivity contribution is 9.10. The third kappa shape index (κ3) is 6.70. The van der Waals surface area contributed by atoms with Gasteiger partial charge < -0.3 is 10.1 Å². The Kier molecular flexibility index (Phi) is 8.62. The minimum atomic E-state index is -0.186. The second kappa shape index (κ2) is 9.70. The third-order valence-corrected chi connectivity index (χ3v) is 4.07. The molecule has 1 N–H and O–H groups in total. The molecule has 108 valence electrons. The molecular formula is C14H20BrClFNO. The predicted molar refractivity (Wildman–Crippen MR) is 81.4 cm³/mol. The molecule has 0 aliphatic carbocycles. The van der Waals surface area contributed by atoms with Crippen LogP contribution in [-0.4, -0.2) is 26.8 Å². The summed E-state index contributed by atoms with van der Waals surface area (Å²) >= 11 is 9.17. The van der Waals surface area contributed by atoms with Gasteiger partial charge in [-0.15, -0.1) is 0 Å². The fraction of sp³-hybridized carbons (Fsp3) is 0.571. The van der Waals surface area contributed by atoms with Crippen molar-refractivity contribution in [3.05, 3.63) is 33.0 Å². The highest BCUT2D eigenvalue weighted by Gasteiger charge is 2.06. The molecule has 1 rings (SSSR count). The molecule has 0 spiro atoms. The molecule has 5 heteroatoms. The first-order valence-corrected chi connectivity index (χ1v) is 7.65. The van der Waals surface area contributed by atoms with Crippen LogP contribution in [0.4, 0.5) is 4.39 Å². The Balaban J connectivity index is 2.17. The molecule has 0 heterocycles. The van der Waals surface area contributed by atoms with Crippen molar-refractivity contribution in [3.8, 4) is 0 Å². The van der Waals surface area contributed by atoms with Crippen molar-refractivity contribution >= 4 is 27.5 Å². The minimum absolute atomic E-state index is 0.186. The maximum absolute atomic E-state index is 13.6. The minimum Gasteiger partial charge on any atom is -0.383 e. The number of halogens is 3. The Hall–Kier alpha value is -0.160. The van der Waals surface area contributed by atoms with Crippen molar-refractivity contribution in [1.29, 1.82) is 0 Å². The highest BCUT2D eigenvalue weighted by Crippen LogP contribution is 2.26. The lowest BCUT2D eigenvalue weighted by atomic mass is 10.1. The van der Waals surface area contributed by atoms with E-state index in [0.717, 1.165) is 45.4 Å². The Labute approximate surface area is 127 Å². The quantitative estimate of drug-likeness (QED) is 0.531. The van der Waals surface area contributed by atoms with E-state index >= 15 is 0 Å². The van der Waals surface area contributed by atoms with Crippen LogP contribution in [0, 0.1) is 5.82 Å². The van der Waals surface area contributed by atoms with Crippen molar-refractivity contribution in [1.82, 2.24) is 5.32 Å². The maximum Gasteiger partial charge on any atom is 0.127 e. The lowest BCUT2D eigenvalue weighted by Gasteiger charge is -2.06. The molecule has 0 aromatic heterocycles. The summed E-state index contributed by atoms with van der Waals surface area (Å²) in [7, 11) is 1.69. The zero-order valence-corrected chi connectivity index (χ0v) is 13.5. The zero-order valence-electron chi connectivity index (χ0n) is 11.1. The van der Waals surface area contributed by atoms with E-state index in [4.69, 9.17) is 16.3 Å². The summed E-state index contributed by atoms with van der Waals surface area (Å²) < 4.78 is 19.2. The Morgan fingerprint density at radius 2 is 2.05 bits per heavy atom. The van der Waals surface area contributed by atoms with Gasteiger partial charge in [0.05, 0.1) is 11.6 Å². The summed E-state index contributed by atoms with van der Waals surface area (Å²) in [6.45, 7) is 2.60. The van der Waals surface area contributed by atoms with E-state index in [1.54, 1.807) is 13.2 Å². The van der Waals surface area contributed by atoms with Crippen LogP contribution in [0.1, 0.15) is 24.8 Å². The van der Waals surface area contributed by atoms with Gasteiger partial charge in [-0.2, -0.15) is 0 Å². The van der Waals surface area contributed by atoms with Crippen molar-refractivity contribution < 1.29 is 9.13 Å². The predicted octanol–water partition coefficient (Wildman–Crippen LogP) is 4.19. The highest BCUT2D eigenvalue weighted by atomic mass is 79.9. The number of methoxy groups -OCH3 is 1. The number of rotatable bonds is 9. The molecule has 0 aliphatic heterocycles. The molecule has 0 unspecified atom stereocenters. The average Bonchev–Trinajstić information content (AvgIpc) is 2.38. The van der Waals surface area contributed by atoms with Crippen LogP contribution in [0.2, 0.25) is 5.02 Å². The molecule has 1 aromatic carbocycles. The van der Waals surface area contributed by atoms with Gasteiger partial charge in [0, 0.05) is 18.1 Å². The average molecular weight is 353 g/mol.